The van der Waals surface area contributed by atoms with Gasteiger partial charge in [0.05, 0.1) is 11.5 Å². The van der Waals surface area contributed by atoms with Crippen molar-refractivity contribution in [3.8, 4) is 0 Å². The van der Waals surface area contributed by atoms with E-state index in [9.17, 15) is 15.2 Å². The molecule has 5 heteroatoms. The van der Waals surface area contributed by atoms with Gasteiger partial charge in [-0.15, -0.1) is 0 Å². The molecular weight excluding hydrogens is 268 g/mol. The van der Waals surface area contributed by atoms with Crippen molar-refractivity contribution in [3.63, 3.8) is 0 Å². The number of aromatic nitrogens is 1. The molecule has 1 aromatic heterocycles. The van der Waals surface area contributed by atoms with Crippen molar-refractivity contribution in [1.82, 2.24) is 4.57 Å². The van der Waals surface area contributed by atoms with Crippen LogP contribution in [0.25, 0.3) is 10.9 Å². The molecule has 0 aliphatic carbocycles. The fraction of sp³-hybridized carbons (Fsp3) is 0.125. The van der Waals surface area contributed by atoms with Gasteiger partial charge in [-0.2, -0.15) is 0 Å². The van der Waals surface area contributed by atoms with Crippen molar-refractivity contribution in [3.05, 3.63) is 76.0 Å². The summed E-state index contributed by atoms with van der Waals surface area (Å²) in [6.45, 7) is 0.554. The van der Waals surface area contributed by atoms with Gasteiger partial charge in [0.15, 0.2) is 0 Å². The Morgan fingerprint density at radius 2 is 1.95 bits per heavy atom. The fourth-order valence-electron chi connectivity index (χ4n) is 2.53. The topological polar surface area (TPSA) is 68.3 Å². The first kappa shape index (κ1) is 13.3. The molecule has 106 valence electrons. The first-order chi connectivity index (χ1) is 10.2. The van der Waals surface area contributed by atoms with Crippen molar-refractivity contribution in [2.24, 2.45) is 0 Å². The Morgan fingerprint density at radius 3 is 2.71 bits per heavy atom. The summed E-state index contributed by atoms with van der Waals surface area (Å²) < 4.78 is 2.02. The molecule has 0 aliphatic rings. The zero-order valence-electron chi connectivity index (χ0n) is 11.3. The predicted molar refractivity (Wildman–Crippen MR) is 80.1 cm³/mol. The number of hydrogen-bond donors (Lipinski definition) is 1. The lowest BCUT2D eigenvalue weighted by atomic mass is 10.1. The molecule has 0 spiro atoms. The maximum absolute atomic E-state index is 10.8. The molecule has 3 aromatic rings. The SMILES string of the molecule is O=[N+]([O-])c1cccc(Cn2ccc3c(CO)cccc32)c1. The van der Waals surface area contributed by atoms with E-state index in [1.54, 1.807) is 12.1 Å². The van der Waals surface area contributed by atoms with Crippen LogP contribution in [0.2, 0.25) is 0 Å². The number of hydrogen-bond acceptors (Lipinski definition) is 3. The highest BCUT2D eigenvalue weighted by Crippen LogP contribution is 2.22. The number of nitro benzene ring substituents is 1. The summed E-state index contributed by atoms with van der Waals surface area (Å²) in [5, 5.41) is 21.2. The van der Waals surface area contributed by atoms with Crippen LogP contribution >= 0.6 is 0 Å². The number of aliphatic hydroxyl groups is 1. The second-order valence-electron chi connectivity index (χ2n) is 4.88. The second-order valence-corrected chi connectivity index (χ2v) is 4.88. The van der Waals surface area contributed by atoms with E-state index >= 15 is 0 Å². The minimum absolute atomic E-state index is 0.00182. The van der Waals surface area contributed by atoms with Gasteiger partial charge in [0.2, 0.25) is 0 Å². The molecule has 3 rings (SSSR count). The van der Waals surface area contributed by atoms with Crippen molar-refractivity contribution in [2.45, 2.75) is 13.2 Å². The Kier molecular flexibility index (Phi) is 3.41. The number of aliphatic hydroxyl groups excluding tert-OH is 1. The van der Waals surface area contributed by atoms with Crippen molar-refractivity contribution in [2.75, 3.05) is 0 Å². The summed E-state index contributed by atoms with van der Waals surface area (Å²) in [6.07, 6.45) is 1.93. The Balaban J connectivity index is 1.99. The summed E-state index contributed by atoms with van der Waals surface area (Å²) in [7, 11) is 0. The highest BCUT2D eigenvalue weighted by molar-refractivity contribution is 5.83. The maximum Gasteiger partial charge on any atom is 0.269 e. The second kappa shape index (κ2) is 5.38. The number of rotatable bonds is 4. The van der Waals surface area contributed by atoms with E-state index in [4.69, 9.17) is 0 Å². The third kappa shape index (κ3) is 2.51. The lowest BCUT2D eigenvalue weighted by Crippen LogP contribution is -1.99. The highest BCUT2D eigenvalue weighted by Gasteiger charge is 2.08. The Bertz CT molecular complexity index is 808. The molecule has 0 saturated heterocycles. The van der Waals surface area contributed by atoms with E-state index in [0.717, 1.165) is 22.0 Å². The van der Waals surface area contributed by atoms with Gasteiger partial charge in [-0.1, -0.05) is 24.3 Å². The first-order valence-electron chi connectivity index (χ1n) is 6.60. The molecule has 0 fully saturated rings. The van der Waals surface area contributed by atoms with Crippen LogP contribution in [0, 0.1) is 10.1 Å². The summed E-state index contributed by atoms with van der Waals surface area (Å²) >= 11 is 0. The summed E-state index contributed by atoms with van der Waals surface area (Å²) in [4.78, 5) is 10.4. The highest BCUT2D eigenvalue weighted by atomic mass is 16.6. The van der Waals surface area contributed by atoms with Crippen LogP contribution in [0.15, 0.2) is 54.7 Å². The van der Waals surface area contributed by atoms with Crippen molar-refractivity contribution in [1.29, 1.82) is 0 Å². The minimum atomic E-state index is -0.388. The van der Waals surface area contributed by atoms with Gasteiger partial charge in [-0.3, -0.25) is 10.1 Å². The molecule has 2 aromatic carbocycles. The monoisotopic (exact) mass is 282 g/mol. The molecule has 1 heterocycles. The average molecular weight is 282 g/mol. The largest absolute Gasteiger partial charge is 0.392 e. The van der Waals surface area contributed by atoms with Crippen LogP contribution in [0.4, 0.5) is 5.69 Å². The van der Waals surface area contributed by atoms with Gasteiger partial charge in [-0.05, 0) is 23.3 Å². The van der Waals surface area contributed by atoms with Gasteiger partial charge in [0.1, 0.15) is 0 Å². The molecule has 0 radical (unpaired) electrons. The van der Waals surface area contributed by atoms with Gasteiger partial charge < -0.3 is 9.67 Å². The normalized spacial score (nSPS) is 10.9. The number of nitrogens with zero attached hydrogens (tertiary/aromatic N) is 2. The standard InChI is InChI=1S/C16H14N2O3/c19-11-13-4-2-6-16-15(13)7-8-17(16)10-12-3-1-5-14(9-12)18(20)21/h1-9,19H,10-11H2. The number of fused-ring (bicyclic) bond motifs is 1. The molecule has 0 amide bonds. The lowest BCUT2D eigenvalue weighted by molar-refractivity contribution is -0.384. The van der Waals surface area contributed by atoms with Crippen LogP contribution in [-0.4, -0.2) is 14.6 Å². The van der Waals surface area contributed by atoms with E-state index < -0.39 is 0 Å². The Hall–Kier alpha value is -2.66. The van der Waals surface area contributed by atoms with Gasteiger partial charge in [-0.25, -0.2) is 0 Å². The van der Waals surface area contributed by atoms with E-state index in [1.165, 1.54) is 6.07 Å². The van der Waals surface area contributed by atoms with Crippen LogP contribution in [0.3, 0.4) is 0 Å². The minimum Gasteiger partial charge on any atom is -0.392 e. The van der Waals surface area contributed by atoms with Crippen molar-refractivity contribution >= 4 is 16.6 Å². The summed E-state index contributed by atoms with van der Waals surface area (Å²) in [5.41, 5.74) is 2.86. The van der Waals surface area contributed by atoms with Crippen LogP contribution in [-0.2, 0) is 13.2 Å². The van der Waals surface area contributed by atoms with Gasteiger partial charge >= 0.3 is 0 Å². The number of non-ortho nitro benzene ring substituents is 1. The number of nitro groups is 1. The number of benzene rings is 2. The first-order valence-corrected chi connectivity index (χ1v) is 6.60. The molecule has 21 heavy (non-hydrogen) atoms. The van der Waals surface area contributed by atoms with Gasteiger partial charge in [0, 0.05) is 35.8 Å². The average Bonchev–Trinajstić information content (AvgIpc) is 2.90. The Morgan fingerprint density at radius 1 is 1.14 bits per heavy atom. The molecule has 1 N–H and O–H groups in total. The molecular formula is C16H14N2O3. The zero-order valence-corrected chi connectivity index (χ0v) is 11.3. The van der Waals surface area contributed by atoms with Crippen LogP contribution < -0.4 is 0 Å². The smallest absolute Gasteiger partial charge is 0.269 e. The van der Waals surface area contributed by atoms with Crippen molar-refractivity contribution < 1.29 is 10.0 Å². The molecule has 0 unspecified atom stereocenters. The van der Waals surface area contributed by atoms with E-state index in [2.05, 4.69) is 0 Å². The molecule has 0 saturated carbocycles. The van der Waals surface area contributed by atoms with E-state index in [-0.39, 0.29) is 17.2 Å². The molecule has 5 nitrogen and oxygen atoms in total. The van der Waals surface area contributed by atoms with E-state index in [0.29, 0.717) is 6.54 Å². The lowest BCUT2D eigenvalue weighted by Gasteiger charge is -2.07. The van der Waals surface area contributed by atoms with E-state index in [1.807, 2.05) is 41.1 Å². The third-order valence-electron chi connectivity index (χ3n) is 3.55. The zero-order chi connectivity index (χ0) is 14.8. The summed E-state index contributed by atoms with van der Waals surface area (Å²) in [6, 6.07) is 14.4. The quantitative estimate of drug-likeness (QED) is 0.590. The summed E-state index contributed by atoms with van der Waals surface area (Å²) in [5.74, 6) is 0. The predicted octanol–water partition coefficient (Wildman–Crippen LogP) is 3.09. The molecule has 0 bridgehead atoms. The van der Waals surface area contributed by atoms with Gasteiger partial charge in [0.25, 0.3) is 5.69 Å². The molecule has 0 aliphatic heterocycles. The fourth-order valence-corrected chi connectivity index (χ4v) is 2.53. The Labute approximate surface area is 121 Å². The van der Waals surface area contributed by atoms with Crippen LogP contribution in [0.5, 0.6) is 0 Å². The third-order valence-corrected chi connectivity index (χ3v) is 3.55. The maximum atomic E-state index is 10.8. The molecule has 0 atom stereocenters. The van der Waals surface area contributed by atoms with Crippen LogP contribution in [0.1, 0.15) is 11.1 Å².